The van der Waals surface area contributed by atoms with E-state index >= 15 is 0 Å². The lowest BCUT2D eigenvalue weighted by molar-refractivity contribution is 0.276. The minimum atomic E-state index is -0.235. The molecule has 0 aliphatic carbocycles. The van der Waals surface area contributed by atoms with Crippen LogP contribution in [0.15, 0.2) is 79.0 Å². The highest BCUT2D eigenvalue weighted by Gasteiger charge is 2.16. The first-order valence-electron chi connectivity index (χ1n) is 10.9. The maximum absolute atomic E-state index is 13.3. The Hall–Kier alpha value is -2.99. The van der Waals surface area contributed by atoms with E-state index in [0.717, 1.165) is 53.3 Å². The van der Waals surface area contributed by atoms with Crippen LogP contribution < -0.4 is 0 Å². The zero-order valence-electron chi connectivity index (χ0n) is 19.2. The summed E-state index contributed by atoms with van der Waals surface area (Å²) in [6.45, 7) is 2.73. The molecule has 0 radical (unpaired) electrons. The molecule has 0 amide bonds. The van der Waals surface area contributed by atoms with E-state index in [4.69, 9.17) is 16.7 Å². The first-order chi connectivity index (χ1) is 15.9. The summed E-state index contributed by atoms with van der Waals surface area (Å²) >= 11 is 6.33. The number of halogens is 2. The van der Waals surface area contributed by atoms with Crippen molar-refractivity contribution in [1.82, 2.24) is 19.6 Å². The van der Waals surface area contributed by atoms with Crippen molar-refractivity contribution < 1.29 is 4.39 Å². The summed E-state index contributed by atoms with van der Waals surface area (Å²) in [4.78, 5) is 4.48. The van der Waals surface area contributed by atoms with Crippen molar-refractivity contribution in [3.05, 3.63) is 95.4 Å². The Morgan fingerprint density at radius 3 is 2.15 bits per heavy atom. The third-order valence-electron chi connectivity index (χ3n) is 5.60. The van der Waals surface area contributed by atoms with Crippen LogP contribution in [0.4, 0.5) is 4.39 Å². The minimum absolute atomic E-state index is 0.235. The summed E-state index contributed by atoms with van der Waals surface area (Å²) in [6.07, 6.45) is 1.94. The second-order valence-corrected chi connectivity index (χ2v) is 8.97. The number of aromatic nitrogens is 2. The van der Waals surface area contributed by atoms with Gasteiger partial charge in [0.05, 0.1) is 17.6 Å². The van der Waals surface area contributed by atoms with Gasteiger partial charge in [-0.1, -0.05) is 48.0 Å². The van der Waals surface area contributed by atoms with Crippen molar-refractivity contribution in [1.29, 1.82) is 0 Å². The van der Waals surface area contributed by atoms with Gasteiger partial charge in [-0.3, -0.25) is 0 Å². The fourth-order valence-electron chi connectivity index (χ4n) is 3.82. The molecule has 0 fully saturated rings. The van der Waals surface area contributed by atoms with Gasteiger partial charge in [-0.15, -0.1) is 0 Å². The Morgan fingerprint density at radius 2 is 1.52 bits per heavy atom. The van der Waals surface area contributed by atoms with E-state index in [1.807, 2.05) is 53.3 Å². The van der Waals surface area contributed by atoms with Crippen molar-refractivity contribution in [2.45, 2.75) is 6.54 Å². The van der Waals surface area contributed by atoms with Gasteiger partial charge in [-0.05, 0) is 68.7 Å². The lowest BCUT2D eigenvalue weighted by Crippen LogP contribution is -2.28. The van der Waals surface area contributed by atoms with Gasteiger partial charge in [-0.2, -0.15) is 5.10 Å². The molecule has 33 heavy (non-hydrogen) atoms. The van der Waals surface area contributed by atoms with Crippen molar-refractivity contribution in [2.75, 3.05) is 34.2 Å². The van der Waals surface area contributed by atoms with Crippen LogP contribution in [-0.4, -0.2) is 53.8 Å². The quantitative estimate of drug-likeness (QED) is 0.321. The largest absolute Gasteiger partial charge is 0.308 e. The molecule has 0 bridgehead atoms. The zero-order valence-corrected chi connectivity index (χ0v) is 19.9. The topological polar surface area (TPSA) is 24.3 Å². The van der Waals surface area contributed by atoms with Gasteiger partial charge < -0.3 is 9.80 Å². The molecular formula is C27H28ClFN4. The maximum atomic E-state index is 13.3. The number of nitrogens with zero attached hydrogens (tertiary/aromatic N) is 4. The average molecular weight is 463 g/mol. The number of hydrogen-bond donors (Lipinski definition) is 0. The van der Waals surface area contributed by atoms with E-state index in [1.54, 1.807) is 12.1 Å². The molecular weight excluding hydrogens is 435 g/mol. The molecule has 4 rings (SSSR count). The third-order valence-corrected chi connectivity index (χ3v) is 5.84. The molecule has 6 heteroatoms. The smallest absolute Gasteiger partial charge is 0.123 e. The van der Waals surface area contributed by atoms with Gasteiger partial charge in [0.1, 0.15) is 5.82 Å². The van der Waals surface area contributed by atoms with Crippen molar-refractivity contribution in [3.8, 4) is 28.1 Å². The maximum Gasteiger partial charge on any atom is 0.123 e. The fraction of sp³-hybridized carbons (Fsp3) is 0.222. The lowest BCUT2D eigenvalue weighted by Gasteiger charge is -2.20. The Morgan fingerprint density at radius 1 is 0.848 bits per heavy atom. The minimum Gasteiger partial charge on any atom is -0.308 e. The van der Waals surface area contributed by atoms with Crippen LogP contribution in [0.2, 0.25) is 5.02 Å². The molecule has 0 saturated heterocycles. The summed E-state index contributed by atoms with van der Waals surface area (Å²) < 4.78 is 15.2. The number of rotatable bonds is 8. The number of likely N-dealkylation sites (N-methyl/N-ethyl adjacent to an activating group) is 2. The third kappa shape index (κ3) is 5.69. The molecule has 0 aliphatic rings. The van der Waals surface area contributed by atoms with Gasteiger partial charge >= 0.3 is 0 Å². The Balaban J connectivity index is 1.69. The molecule has 0 atom stereocenters. The molecule has 0 N–H and O–H groups in total. The normalized spacial score (nSPS) is 11.5. The molecule has 170 valence electrons. The molecule has 0 aliphatic heterocycles. The summed E-state index contributed by atoms with van der Waals surface area (Å²) in [5, 5.41) is 5.44. The average Bonchev–Trinajstić information content (AvgIpc) is 3.22. The highest BCUT2D eigenvalue weighted by atomic mass is 35.5. The second kappa shape index (κ2) is 10.3. The van der Waals surface area contributed by atoms with E-state index < -0.39 is 0 Å². The van der Waals surface area contributed by atoms with Gasteiger partial charge in [0.2, 0.25) is 0 Å². The Labute approximate surface area is 199 Å². The first-order valence-corrected chi connectivity index (χ1v) is 11.3. The molecule has 1 aromatic heterocycles. The van der Waals surface area contributed by atoms with E-state index in [-0.39, 0.29) is 5.82 Å². The van der Waals surface area contributed by atoms with E-state index in [1.165, 1.54) is 12.1 Å². The summed E-state index contributed by atoms with van der Waals surface area (Å²) in [7, 11) is 6.29. The predicted molar refractivity (Wildman–Crippen MR) is 134 cm³/mol. The van der Waals surface area contributed by atoms with E-state index in [0.29, 0.717) is 5.02 Å². The Bertz CT molecular complexity index is 1200. The lowest BCUT2D eigenvalue weighted by atomic mass is 10.0. The van der Waals surface area contributed by atoms with Gasteiger partial charge in [0.25, 0.3) is 0 Å². The number of hydrogen-bond acceptors (Lipinski definition) is 3. The molecule has 0 saturated carbocycles. The standard InChI is InChI=1S/C27H28ClFN4/c1-31(2)15-16-32(3)19-23-18-30-33(27(23)22-5-4-6-24(28)17-22)26-13-9-21(10-14-26)20-7-11-25(29)12-8-20/h4-14,17-18H,15-16,19H2,1-3H3. The molecule has 4 nitrogen and oxygen atoms in total. The van der Waals surface area contributed by atoms with Gasteiger partial charge in [-0.25, -0.2) is 9.07 Å². The SMILES string of the molecule is CN(C)CCN(C)Cc1cnn(-c2ccc(-c3ccc(F)cc3)cc2)c1-c1cccc(Cl)c1. The molecule has 0 unspecified atom stereocenters. The van der Waals surface area contributed by atoms with Crippen LogP contribution in [0.3, 0.4) is 0 Å². The van der Waals surface area contributed by atoms with Gasteiger partial charge in [0, 0.05) is 35.8 Å². The zero-order chi connectivity index (χ0) is 23.4. The fourth-order valence-corrected chi connectivity index (χ4v) is 4.01. The van der Waals surface area contributed by atoms with Gasteiger partial charge in [0.15, 0.2) is 0 Å². The van der Waals surface area contributed by atoms with Crippen molar-refractivity contribution >= 4 is 11.6 Å². The highest BCUT2D eigenvalue weighted by Crippen LogP contribution is 2.30. The van der Waals surface area contributed by atoms with Crippen LogP contribution in [0.5, 0.6) is 0 Å². The summed E-state index contributed by atoms with van der Waals surface area (Å²) in [5.41, 5.74) is 6.15. The summed E-state index contributed by atoms with van der Waals surface area (Å²) in [5.74, 6) is -0.235. The van der Waals surface area contributed by atoms with Crippen molar-refractivity contribution in [2.24, 2.45) is 0 Å². The summed E-state index contributed by atoms with van der Waals surface area (Å²) in [6, 6.07) is 22.6. The number of benzene rings is 3. The Kier molecular flexibility index (Phi) is 7.23. The van der Waals surface area contributed by atoms with E-state index in [9.17, 15) is 4.39 Å². The highest BCUT2D eigenvalue weighted by molar-refractivity contribution is 6.30. The predicted octanol–water partition coefficient (Wildman–Crippen LogP) is 5.99. The molecule has 4 aromatic rings. The van der Waals surface area contributed by atoms with E-state index in [2.05, 4.69) is 37.0 Å². The monoisotopic (exact) mass is 462 g/mol. The first kappa shape index (κ1) is 23.2. The van der Waals surface area contributed by atoms with Crippen molar-refractivity contribution in [3.63, 3.8) is 0 Å². The van der Waals surface area contributed by atoms with Crippen LogP contribution >= 0.6 is 11.6 Å². The molecule has 0 spiro atoms. The second-order valence-electron chi connectivity index (χ2n) is 8.54. The van der Waals surface area contributed by atoms with Crippen LogP contribution in [0.25, 0.3) is 28.1 Å². The van der Waals surface area contributed by atoms with Crippen LogP contribution in [0.1, 0.15) is 5.56 Å². The molecule has 3 aromatic carbocycles. The van der Waals surface area contributed by atoms with Crippen LogP contribution in [0, 0.1) is 5.82 Å². The van der Waals surface area contributed by atoms with Crippen LogP contribution in [-0.2, 0) is 6.54 Å². The molecule has 1 heterocycles.